The van der Waals surface area contributed by atoms with Crippen LogP contribution in [0.5, 0.6) is 46.0 Å². The number of rotatable bonds is 52. The standard InChI is InChI=1S/C82H120O8/c1-9-17-25-33-49-83-75-45-41-65(61-79(75)87-53-37-29-21-13-5)71-57-69-59-73(67-43-47-77(85-51-35-27-19-11-3)81(63-67)89-55-39-31-23-15-7)74(68-44-48-78(86-52-36-28-20-12-4)82(64-68)90-56-40-32-24-16-8)60-70(69)58-72(71)66-42-46-76(84-50-34-26-18-10-2)80(62-66)88-54-38-30-22-14-6/h41-48,57-64H,9-40,49-56H2,1-8H3. The van der Waals surface area contributed by atoms with Crippen LogP contribution < -0.4 is 37.9 Å². The van der Waals surface area contributed by atoms with E-state index in [4.69, 9.17) is 37.9 Å². The first-order valence-electron chi connectivity index (χ1n) is 36.6. The van der Waals surface area contributed by atoms with Crippen molar-refractivity contribution < 1.29 is 37.9 Å². The summed E-state index contributed by atoms with van der Waals surface area (Å²) in [4.78, 5) is 0. The van der Waals surface area contributed by atoms with E-state index in [0.29, 0.717) is 52.9 Å². The topological polar surface area (TPSA) is 73.8 Å². The molecule has 0 N–H and O–H groups in total. The van der Waals surface area contributed by atoms with Crippen molar-refractivity contribution in [2.45, 2.75) is 261 Å². The van der Waals surface area contributed by atoms with Crippen molar-refractivity contribution in [3.63, 3.8) is 0 Å². The lowest BCUT2D eigenvalue weighted by Gasteiger charge is -2.20. The highest BCUT2D eigenvalue weighted by Gasteiger charge is 2.21. The molecule has 496 valence electrons. The van der Waals surface area contributed by atoms with Crippen LogP contribution >= 0.6 is 0 Å². The second kappa shape index (κ2) is 44.5. The molecule has 8 heteroatoms. The molecule has 6 aromatic rings. The van der Waals surface area contributed by atoms with Crippen LogP contribution in [0.3, 0.4) is 0 Å². The molecule has 6 rings (SSSR count). The molecule has 8 nitrogen and oxygen atoms in total. The van der Waals surface area contributed by atoms with Gasteiger partial charge in [-0.1, -0.05) is 234 Å². The van der Waals surface area contributed by atoms with Gasteiger partial charge in [-0.2, -0.15) is 0 Å². The summed E-state index contributed by atoms with van der Waals surface area (Å²) in [5.74, 6) is 6.35. The van der Waals surface area contributed by atoms with Crippen molar-refractivity contribution in [2.75, 3.05) is 52.9 Å². The average molecular weight is 1230 g/mol. The number of fused-ring (bicyclic) bond motifs is 1. The predicted molar refractivity (Wildman–Crippen MR) is 383 cm³/mol. The zero-order valence-electron chi connectivity index (χ0n) is 57.8. The third-order valence-electron chi connectivity index (χ3n) is 17.2. The largest absolute Gasteiger partial charge is 0.490 e. The number of hydrogen-bond acceptors (Lipinski definition) is 8. The highest BCUT2D eigenvalue weighted by Crippen LogP contribution is 2.47. The van der Waals surface area contributed by atoms with Crippen LogP contribution in [0.1, 0.15) is 261 Å². The quantitative estimate of drug-likeness (QED) is 0.0350. The van der Waals surface area contributed by atoms with Crippen LogP contribution in [-0.4, -0.2) is 52.9 Å². The Bertz CT molecular complexity index is 2510. The molecule has 0 amide bonds. The fourth-order valence-corrected chi connectivity index (χ4v) is 11.6. The van der Waals surface area contributed by atoms with Crippen molar-refractivity contribution in [3.05, 3.63) is 97.1 Å². The molecule has 0 spiro atoms. The van der Waals surface area contributed by atoms with E-state index in [0.717, 1.165) is 204 Å². The van der Waals surface area contributed by atoms with Gasteiger partial charge in [0.25, 0.3) is 0 Å². The Hall–Kier alpha value is -6.02. The van der Waals surface area contributed by atoms with E-state index in [1.165, 1.54) is 103 Å². The van der Waals surface area contributed by atoms with Gasteiger partial charge in [-0.25, -0.2) is 0 Å². The van der Waals surface area contributed by atoms with Crippen molar-refractivity contribution >= 4 is 10.8 Å². The molecule has 0 aromatic heterocycles. The number of unbranched alkanes of at least 4 members (excludes halogenated alkanes) is 24. The van der Waals surface area contributed by atoms with Crippen LogP contribution in [0.2, 0.25) is 0 Å². The lowest BCUT2D eigenvalue weighted by atomic mass is 9.87. The maximum absolute atomic E-state index is 6.77. The zero-order valence-corrected chi connectivity index (χ0v) is 57.8. The lowest BCUT2D eigenvalue weighted by molar-refractivity contribution is 0.259. The third kappa shape index (κ3) is 25.2. The number of hydrogen-bond donors (Lipinski definition) is 0. The van der Waals surface area contributed by atoms with Gasteiger partial charge in [0.1, 0.15) is 0 Å². The monoisotopic (exact) mass is 1230 g/mol. The first kappa shape index (κ1) is 73.0. The minimum Gasteiger partial charge on any atom is -0.490 e. The van der Waals surface area contributed by atoms with E-state index in [-0.39, 0.29) is 0 Å². The maximum Gasteiger partial charge on any atom is 0.161 e. The van der Waals surface area contributed by atoms with Gasteiger partial charge in [0.2, 0.25) is 0 Å². The molecule has 0 aliphatic carbocycles. The van der Waals surface area contributed by atoms with Gasteiger partial charge in [0.15, 0.2) is 46.0 Å². The van der Waals surface area contributed by atoms with Crippen molar-refractivity contribution in [3.8, 4) is 90.5 Å². The minimum atomic E-state index is 0.635. The molecule has 6 aromatic carbocycles. The fraction of sp³-hybridized carbons (Fsp3) is 0.585. The predicted octanol–water partition coefficient (Wildman–Crippen LogP) is 25.2. The molecule has 0 aliphatic rings. The summed E-state index contributed by atoms with van der Waals surface area (Å²) in [6.07, 6.45) is 36.2. The van der Waals surface area contributed by atoms with Crippen LogP contribution in [0.15, 0.2) is 97.1 Å². The molecule has 0 heterocycles. The fourth-order valence-electron chi connectivity index (χ4n) is 11.6. The van der Waals surface area contributed by atoms with E-state index < -0.39 is 0 Å². The normalized spacial score (nSPS) is 11.3. The second-order valence-electron chi connectivity index (χ2n) is 25.1. The molecule has 0 unspecified atom stereocenters. The van der Waals surface area contributed by atoms with E-state index in [9.17, 15) is 0 Å². The molecule has 0 fully saturated rings. The first-order valence-corrected chi connectivity index (χ1v) is 36.6. The summed E-state index contributed by atoms with van der Waals surface area (Å²) in [5.41, 5.74) is 8.61. The summed E-state index contributed by atoms with van der Waals surface area (Å²) < 4.78 is 53.5. The van der Waals surface area contributed by atoms with Crippen molar-refractivity contribution in [2.24, 2.45) is 0 Å². The summed E-state index contributed by atoms with van der Waals surface area (Å²) in [5, 5.41) is 2.23. The summed E-state index contributed by atoms with van der Waals surface area (Å²) >= 11 is 0. The Kier molecular flexibility index (Phi) is 36.1. The van der Waals surface area contributed by atoms with Crippen molar-refractivity contribution in [1.29, 1.82) is 0 Å². The van der Waals surface area contributed by atoms with E-state index in [1.54, 1.807) is 0 Å². The SMILES string of the molecule is CCCCCCOc1ccc(-c2cc3cc(-c4ccc(OCCCCCC)c(OCCCCCC)c4)c(-c4ccc(OCCCCCC)c(OCCCCCC)c4)cc3cc2-c2ccc(OCCCCCC)c(OCCCCCC)c2)cc1OCCCCCC. The third-order valence-corrected chi connectivity index (χ3v) is 17.2. The summed E-state index contributed by atoms with van der Waals surface area (Å²) in [6.45, 7) is 23.2. The van der Waals surface area contributed by atoms with Crippen molar-refractivity contribution in [1.82, 2.24) is 0 Å². The van der Waals surface area contributed by atoms with Crippen LogP contribution in [-0.2, 0) is 0 Å². The molecule has 0 radical (unpaired) electrons. The lowest BCUT2D eigenvalue weighted by Crippen LogP contribution is -2.04. The molecular weight excluding hydrogens is 1110 g/mol. The van der Waals surface area contributed by atoms with E-state index in [2.05, 4.69) is 152 Å². The molecule has 0 saturated heterocycles. The first-order chi connectivity index (χ1) is 44.4. The van der Waals surface area contributed by atoms with Gasteiger partial charge in [-0.15, -0.1) is 0 Å². The smallest absolute Gasteiger partial charge is 0.161 e. The highest BCUT2D eigenvalue weighted by molar-refractivity contribution is 6.02. The molecular formula is C82H120O8. The molecule has 0 atom stereocenters. The Morgan fingerprint density at radius 3 is 0.511 bits per heavy atom. The van der Waals surface area contributed by atoms with Gasteiger partial charge in [-0.3, -0.25) is 0 Å². The van der Waals surface area contributed by atoms with Gasteiger partial charge in [-0.05, 0) is 179 Å². The molecule has 0 bridgehead atoms. The van der Waals surface area contributed by atoms with E-state index >= 15 is 0 Å². The van der Waals surface area contributed by atoms with Gasteiger partial charge in [0, 0.05) is 0 Å². The molecule has 0 saturated carbocycles. The Morgan fingerprint density at radius 1 is 0.178 bits per heavy atom. The number of ether oxygens (including phenoxy) is 8. The highest BCUT2D eigenvalue weighted by atomic mass is 16.5. The second-order valence-corrected chi connectivity index (χ2v) is 25.1. The minimum absolute atomic E-state index is 0.635. The van der Waals surface area contributed by atoms with Crippen LogP contribution in [0.25, 0.3) is 55.3 Å². The van der Waals surface area contributed by atoms with E-state index in [1.807, 2.05) is 0 Å². The zero-order chi connectivity index (χ0) is 63.6. The maximum atomic E-state index is 6.77. The summed E-state index contributed by atoms with van der Waals surface area (Å²) in [7, 11) is 0. The molecule has 0 aliphatic heterocycles. The Balaban J connectivity index is 1.62. The van der Waals surface area contributed by atoms with Crippen LogP contribution in [0.4, 0.5) is 0 Å². The van der Waals surface area contributed by atoms with Gasteiger partial charge >= 0.3 is 0 Å². The average Bonchev–Trinajstić information content (AvgIpc) is 0.794. The summed E-state index contributed by atoms with van der Waals surface area (Å²) in [6, 6.07) is 35.9. The Morgan fingerprint density at radius 2 is 0.344 bits per heavy atom. The van der Waals surface area contributed by atoms with Gasteiger partial charge in [0.05, 0.1) is 52.9 Å². The Labute approximate surface area is 547 Å². The number of benzene rings is 6. The molecule has 90 heavy (non-hydrogen) atoms. The van der Waals surface area contributed by atoms with Crippen LogP contribution in [0, 0.1) is 0 Å². The van der Waals surface area contributed by atoms with Gasteiger partial charge < -0.3 is 37.9 Å².